The Bertz CT molecular complexity index is 1560. The van der Waals surface area contributed by atoms with Crippen molar-refractivity contribution in [3.05, 3.63) is 111 Å². The summed E-state index contributed by atoms with van der Waals surface area (Å²) in [5, 5.41) is 3.51. The Morgan fingerprint density at radius 2 is 1.73 bits per heavy atom. The highest BCUT2D eigenvalue weighted by Crippen LogP contribution is 2.52. The number of ether oxygens (including phenoxy) is 2. The van der Waals surface area contributed by atoms with E-state index in [2.05, 4.69) is 0 Å². The summed E-state index contributed by atoms with van der Waals surface area (Å²) in [7, 11) is 2.34. The number of rotatable bonds is 5. The number of ketones is 1. The molecule has 0 amide bonds. The lowest BCUT2D eigenvalue weighted by molar-refractivity contribution is -0.150. The number of benzene rings is 2. The average molecular weight is 583 g/mol. The predicted octanol–water partition coefficient (Wildman–Crippen LogP) is 5.51. The molecule has 0 unspecified atom stereocenters. The van der Waals surface area contributed by atoms with Crippen molar-refractivity contribution in [1.29, 1.82) is 0 Å². The first-order valence-electron chi connectivity index (χ1n) is 12.6. The maximum Gasteiger partial charge on any atom is 0.416 e. The summed E-state index contributed by atoms with van der Waals surface area (Å²) in [6.07, 6.45) is -4.60. The number of carbonyl (C=O) groups is 3. The molecule has 212 valence electrons. The second kappa shape index (κ2) is 10.9. The van der Waals surface area contributed by atoms with E-state index in [0.717, 1.165) is 19.2 Å². The highest BCUT2D eigenvalue weighted by molar-refractivity contribution is 7.08. The molecule has 1 aromatic heterocycles. The van der Waals surface area contributed by atoms with Gasteiger partial charge in [0.25, 0.3) is 0 Å². The minimum absolute atomic E-state index is 0.00567. The molecule has 2 N–H and O–H groups in total. The standard InChI is InChI=1S/C30H25F3N2O5S/c1-39-28(37)23-20(16-7-4-3-5-8-16)14-21-24(26(23)36)22(17-11-12-41-15-17)25(29(38)40-2)27(34)35(21)19-10-6-9-18(13-19)30(31,32)33/h3-13,15,20,22-23H,14,34H2,1-2H3/t20-,22+,23+/m1/s1. The number of Topliss-reactive ketones (excluding diaryl/α,β-unsaturated/α-hetero) is 1. The lowest BCUT2D eigenvalue weighted by Crippen LogP contribution is -2.46. The van der Waals surface area contributed by atoms with Crippen molar-refractivity contribution < 1.29 is 37.0 Å². The summed E-state index contributed by atoms with van der Waals surface area (Å²) in [4.78, 5) is 42.1. The summed E-state index contributed by atoms with van der Waals surface area (Å²) in [5.41, 5.74) is 7.20. The number of methoxy groups -OCH3 is 2. The van der Waals surface area contributed by atoms with Crippen LogP contribution in [0.2, 0.25) is 0 Å². The second-order valence-corrected chi connectivity index (χ2v) is 10.4. The molecular formula is C30H25F3N2O5S. The number of nitrogens with zero attached hydrogens (tertiary/aromatic N) is 1. The number of esters is 2. The molecule has 5 rings (SSSR count). The fourth-order valence-corrected chi connectivity index (χ4v) is 6.32. The number of allylic oxidation sites excluding steroid dienone is 2. The Hall–Kier alpha value is -4.38. The van der Waals surface area contributed by atoms with Gasteiger partial charge < -0.3 is 15.2 Å². The van der Waals surface area contributed by atoms with E-state index in [1.165, 1.54) is 35.5 Å². The second-order valence-electron chi connectivity index (χ2n) is 9.61. The van der Waals surface area contributed by atoms with Crippen LogP contribution in [0.3, 0.4) is 0 Å². The molecule has 7 nitrogen and oxygen atoms in total. The Morgan fingerprint density at radius 1 is 1.00 bits per heavy atom. The largest absolute Gasteiger partial charge is 0.468 e. The van der Waals surface area contributed by atoms with Crippen molar-refractivity contribution >= 4 is 34.7 Å². The molecule has 41 heavy (non-hydrogen) atoms. The lowest BCUT2D eigenvalue weighted by Gasteiger charge is -2.44. The molecule has 3 atom stereocenters. The molecule has 0 fully saturated rings. The van der Waals surface area contributed by atoms with E-state index in [1.807, 2.05) is 0 Å². The molecule has 0 saturated carbocycles. The van der Waals surface area contributed by atoms with Crippen LogP contribution in [0.5, 0.6) is 0 Å². The topological polar surface area (TPSA) is 98.9 Å². The molecule has 2 aliphatic rings. The van der Waals surface area contributed by atoms with Gasteiger partial charge in [0.05, 0.1) is 31.3 Å². The molecule has 1 aliphatic carbocycles. The number of anilines is 1. The molecule has 2 aromatic carbocycles. The quantitative estimate of drug-likeness (QED) is 0.313. The number of halogens is 3. The average Bonchev–Trinajstić information content (AvgIpc) is 3.50. The molecule has 0 spiro atoms. The summed E-state index contributed by atoms with van der Waals surface area (Å²) in [5.74, 6) is -5.36. The van der Waals surface area contributed by atoms with Crippen LogP contribution < -0.4 is 10.6 Å². The van der Waals surface area contributed by atoms with Crippen molar-refractivity contribution in [3.63, 3.8) is 0 Å². The number of carbonyl (C=O) groups excluding carboxylic acids is 3. The Morgan fingerprint density at radius 3 is 2.34 bits per heavy atom. The van der Waals surface area contributed by atoms with Gasteiger partial charge in [0, 0.05) is 22.9 Å². The van der Waals surface area contributed by atoms with Gasteiger partial charge in [0.1, 0.15) is 11.7 Å². The van der Waals surface area contributed by atoms with Crippen molar-refractivity contribution in [1.82, 2.24) is 0 Å². The van der Waals surface area contributed by atoms with Crippen molar-refractivity contribution in [2.24, 2.45) is 11.7 Å². The predicted molar refractivity (Wildman–Crippen MR) is 146 cm³/mol. The van der Waals surface area contributed by atoms with E-state index >= 15 is 0 Å². The van der Waals surface area contributed by atoms with Gasteiger partial charge in [0.15, 0.2) is 5.78 Å². The van der Waals surface area contributed by atoms with Crippen LogP contribution in [0.25, 0.3) is 0 Å². The van der Waals surface area contributed by atoms with Crippen molar-refractivity contribution in [3.8, 4) is 0 Å². The fourth-order valence-electron chi connectivity index (χ4n) is 5.64. The van der Waals surface area contributed by atoms with Crippen LogP contribution in [-0.4, -0.2) is 31.9 Å². The first-order chi connectivity index (χ1) is 19.6. The van der Waals surface area contributed by atoms with Crippen LogP contribution >= 0.6 is 11.3 Å². The van der Waals surface area contributed by atoms with E-state index in [4.69, 9.17) is 15.2 Å². The fraction of sp³-hybridized carbons (Fsp3) is 0.233. The van der Waals surface area contributed by atoms with Gasteiger partial charge in [-0.3, -0.25) is 14.5 Å². The van der Waals surface area contributed by atoms with Crippen LogP contribution in [0.4, 0.5) is 18.9 Å². The van der Waals surface area contributed by atoms with Crippen LogP contribution in [0.1, 0.15) is 34.9 Å². The van der Waals surface area contributed by atoms with Gasteiger partial charge in [-0.2, -0.15) is 24.5 Å². The summed E-state index contributed by atoms with van der Waals surface area (Å²) in [6, 6.07) is 15.1. The summed E-state index contributed by atoms with van der Waals surface area (Å²) < 4.78 is 51.3. The Kier molecular flexibility index (Phi) is 7.48. The zero-order chi connectivity index (χ0) is 29.5. The molecule has 0 saturated heterocycles. The lowest BCUT2D eigenvalue weighted by atomic mass is 9.67. The number of hydrogen-bond donors (Lipinski definition) is 1. The van der Waals surface area contributed by atoms with Crippen molar-refractivity contribution in [2.75, 3.05) is 19.1 Å². The van der Waals surface area contributed by atoms with E-state index in [1.54, 1.807) is 47.2 Å². The van der Waals surface area contributed by atoms with Gasteiger partial charge >= 0.3 is 18.1 Å². The summed E-state index contributed by atoms with van der Waals surface area (Å²) in [6.45, 7) is 0. The number of thiophene rings is 1. The third-order valence-corrected chi connectivity index (χ3v) is 8.14. The number of hydrogen-bond acceptors (Lipinski definition) is 8. The smallest absolute Gasteiger partial charge is 0.416 e. The first-order valence-corrected chi connectivity index (χ1v) is 13.5. The SMILES string of the molecule is COC(=O)C1=C(N)N(c2cccc(C(F)(F)F)c2)C2=C(C(=O)[C@@H](C(=O)OC)[C@@H](c3ccccc3)C2)[C@@H]1c1ccsc1. The zero-order valence-electron chi connectivity index (χ0n) is 22.0. The Balaban J connectivity index is 1.82. The van der Waals surface area contributed by atoms with E-state index in [9.17, 15) is 27.6 Å². The van der Waals surface area contributed by atoms with Crippen LogP contribution in [0, 0.1) is 5.92 Å². The minimum Gasteiger partial charge on any atom is -0.468 e. The zero-order valence-corrected chi connectivity index (χ0v) is 22.8. The molecular weight excluding hydrogens is 557 g/mol. The van der Waals surface area contributed by atoms with E-state index in [0.29, 0.717) is 16.8 Å². The third-order valence-electron chi connectivity index (χ3n) is 7.43. The van der Waals surface area contributed by atoms with Gasteiger partial charge in [-0.15, -0.1) is 0 Å². The van der Waals surface area contributed by atoms with Gasteiger partial charge in [0.2, 0.25) is 0 Å². The van der Waals surface area contributed by atoms with Gasteiger partial charge in [-0.1, -0.05) is 36.4 Å². The molecule has 0 radical (unpaired) electrons. The van der Waals surface area contributed by atoms with E-state index in [-0.39, 0.29) is 29.1 Å². The third kappa shape index (κ3) is 4.90. The van der Waals surface area contributed by atoms with Gasteiger partial charge in [-0.05, 0) is 52.6 Å². The van der Waals surface area contributed by atoms with Gasteiger partial charge in [-0.25, -0.2) is 4.79 Å². The number of alkyl halides is 3. The normalized spacial score (nSPS) is 21.0. The van der Waals surface area contributed by atoms with E-state index < -0.39 is 47.2 Å². The van der Waals surface area contributed by atoms with Crippen LogP contribution in [-0.2, 0) is 30.0 Å². The highest BCUT2D eigenvalue weighted by atomic mass is 32.1. The monoisotopic (exact) mass is 582 g/mol. The maximum atomic E-state index is 14.4. The molecule has 0 bridgehead atoms. The highest BCUT2D eigenvalue weighted by Gasteiger charge is 2.51. The molecule has 3 aromatic rings. The first kappa shape index (κ1) is 28.2. The molecule has 1 aliphatic heterocycles. The Labute approximate surface area is 237 Å². The molecule has 2 heterocycles. The summed E-state index contributed by atoms with van der Waals surface area (Å²) >= 11 is 1.33. The minimum atomic E-state index is -4.66. The molecule has 11 heteroatoms. The maximum absolute atomic E-state index is 14.4. The van der Waals surface area contributed by atoms with Crippen molar-refractivity contribution in [2.45, 2.75) is 24.4 Å². The van der Waals surface area contributed by atoms with Crippen LogP contribution in [0.15, 0.2) is 94.1 Å². The number of nitrogens with two attached hydrogens (primary N) is 1.